The van der Waals surface area contributed by atoms with Crippen LogP contribution in [0.3, 0.4) is 0 Å². The first-order valence-electron chi connectivity index (χ1n) is 0.816. The van der Waals surface area contributed by atoms with Crippen molar-refractivity contribution in [2.45, 2.75) is 0 Å². The average Bonchev–Trinajstić information content (AvgIpc) is 0.722. The van der Waals surface area contributed by atoms with Crippen LogP contribution in [0, 0.1) is 0 Å². The molecule has 0 radical (unpaired) electrons. The van der Waals surface area contributed by atoms with Gasteiger partial charge in [-0.05, 0) is 0 Å². The van der Waals surface area contributed by atoms with Gasteiger partial charge in [0.05, 0.1) is 0 Å². The molecule has 0 saturated heterocycles. The Kier molecular flexibility index (Phi) is 13.8. The molecule has 7 heavy (non-hydrogen) atoms. The maximum Gasteiger partial charge on any atom is 2.00 e. The van der Waals surface area contributed by atoms with E-state index in [9.17, 15) is 0 Å². The van der Waals surface area contributed by atoms with Crippen LogP contribution in [0.2, 0.25) is 0 Å². The summed E-state index contributed by atoms with van der Waals surface area (Å²) < 4.78 is 0. The summed E-state index contributed by atoms with van der Waals surface area (Å²) in [5, 5.41) is 0. The van der Waals surface area contributed by atoms with E-state index in [-0.39, 0.29) is 57.2 Å². The number of rotatable bonds is 0. The second kappa shape index (κ2) is 6.07. The summed E-state index contributed by atoms with van der Waals surface area (Å²) in [6.07, 6.45) is 0. The zero-order chi connectivity index (χ0) is 4.50. The van der Waals surface area contributed by atoms with E-state index in [0.29, 0.717) is 0 Å². The zero-order valence-corrected chi connectivity index (χ0v) is 9.72. The molecule has 0 N–H and O–H groups in total. The van der Waals surface area contributed by atoms with Gasteiger partial charge in [0, 0.05) is 0 Å². The van der Waals surface area contributed by atoms with Crippen molar-refractivity contribution in [3.63, 3.8) is 0 Å². The fourth-order valence-electron chi connectivity index (χ4n) is 0. The van der Waals surface area contributed by atoms with Crippen molar-refractivity contribution in [2.24, 2.45) is 0 Å². The van der Waals surface area contributed by atoms with Gasteiger partial charge in [-0.25, -0.2) is 0 Å². The van der Waals surface area contributed by atoms with Crippen molar-refractivity contribution in [3.8, 4) is 0 Å². The summed E-state index contributed by atoms with van der Waals surface area (Å²) in [7, 11) is -5.61. The fourth-order valence-corrected chi connectivity index (χ4v) is 0. The van der Waals surface area contributed by atoms with E-state index in [0.717, 1.165) is 0 Å². The maximum atomic E-state index is 8.58. The van der Waals surface area contributed by atoms with Crippen molar-refractivity contribution in [1.82, 2.24) is 0 Å². The Bertz CT molecular complexity index is 27.2. The zero-order valence-electron chi connectivity index (χ0n) is 3.55. The van der Waals surface area contributed by atoms with Gasteiger partial charge in [-0.1, -0.05) is 0 Å². The SMILES string of the molecule is [Ca+2].[O-][Si]([O-])([O-])[O-].[Zn+2]. The van der Waals surface area contributed by atoms with Gasteiger partial charge < -0.3 is 28.2 Å². The van der Waals surface area contributed by atoms with Gasteiger partial charge in [-0.2, -0.15) is 0 Å². The predicted molar refractivity (Wildman–Crippen MR) is 11.5 cm³/mol. The van der Waals surface area contributed by atoms with Crippen LogP contribution in [-0.4, -0.2) is 46.8 Å². The van der Waals surface area contributed by atoms with Crippen LogP contribution in [0.15, 0.2) is 0 Å². The molecule has 0 unspecified atom stereocenters. The van der Waals surface area contributed by atoms with Crippen molar-refractivity contribution in [1.29, 1.82) is 0 Å². The minimum atomic E-state index is -5.61. The van der Waals surface area contributed by atoms with E-state index in [1.807, 2.05) is 0 Å². The van der Waals surface area contributed by atoms with Gasteiger partial charge in [0.25, 0.3) is 0 Å². The van der Waals surface area contributed by atoms with Crippen molar-refractivity contribution < 1.29 is 38.7 Å². The third kappa shape index (κ3) is 74.4. The molecular weight excluding hydrogens is 198 g/mol. The van der Waals surface area contributed by atoms with Crippen LogP contribution in [0.5, 0.6) is 0 Å². The molecule has 0 aromatic carbocycles. The molecular formula is CaO4SiZn. The summed E-state index contributed by atoms with van der Waals surface area (Å²) >= 11 is 0. The van der Waals surface area contributed by atoms with Gasteiger partial charge in [0.2, 0.25) is 0 Å². The van der Waals surface area contributed by atoms with Crippen molar-refractivity contribution in [2.75, 3.05) is 0 Å². The Labute approximate surface area is 84.4 Å². The molecule has 0 bridgehead atoms. The number of hydrogen-bond acceptors (Lipinski definition) is 4. The molecule has 0 fully saturated rings. The van der Waals surface area contributed by atoms with Crippen LogP contribution in [-0.2, 0) is 19.5 Å². The quantitative estimate of drug-likeness (QED) is 0.362. The monoisotopic (exact) mass is 196 g/mol. The smallest absolute Gasteiger partial charge is 0.894 e. The third-order valence-corrected chi connectivity index (χ3v) is 0. The third-order valence-electron chi connectivity index (χ3n) is 0. The minimum Gasteiger partial charge on any atom is -0.894 e. The molecule has 0 aliphatic carbocycles. The normalized spacial score (nSPS) is 8.57. The second-order valence-electron chi connectivity index (χ2n) is 0.500. The van der Waals surface area contributed by atoms with Gasteiger partial charge in [0.1, 0.15) is 0 Å². The maximum absolute atomic E-state index is 8.58. The first-order valence-corrected chi connectivity index (χ1v) is 2.45. The summed E-state index contributed by atoms with van der Waals surface area (Å²) in [6.45, 7) is 0. The molecule has 0 amide bonds. The van der Waals surface area contributed by atoms with E-state index in [1.165, 1.54) is 0 Å². The van der Waals surface area contributed by atoms with Crippen LogP contribution >= 0.6 is 0 Å². The molecule has 0 atom stereocenters. The Balaban J connectivity index is -0.0000000800. The first-order chi connectivity index (χ1) is 2.00. The molecule has 32 valence electrons. The minimum absolute atomic E-state index is 0. The molecule has 0 aliphatic heterocycles. The molecule has 0 aromatic heterocycles. The van der Waals surface area contributed by atoms with Crippen LogP contribution in [0.1, 0.15) is 0 Å². The van der Waals surface area contributed by atoms with Crippen molar-refractivity contribution in [3.05, 3.63) is 0 Å². The van der Waals surface area contributed by atoms with Crippen LogP contribution in [0.25, 0.3) is 0 Å². The van der Waals surface area contributed by atoms with E-state index < -0.39 is 9.05 Å². The summed E-state index contributed by atoms with van der Waals surface area (Å²) in [6, 6.07) is 0. The molecule has 4 nitrogen and oxygen atoms in total. The second-order valence-corrected chi connectivity index (χ2v) is 1.50. The largest absolute Gasteiger partial charge is 2.00 e. The topological polar surface area (TPSA) is 92.2 Å². The van der Waals surface area contributed by atoms with Gasteiger partial charge in [0.15, 0.2) is 0 Å². The first kappa shape index (κ1) is 16.0. The van der Waals surface area contributed by atoms with E-state index >= 15 is 0 Å². The van der Waals surface area contributed by atoms with Gasteiger partial charge in [-0.15, -0.1) is 0 Å². The van der Waals surface area contributed by atoms with Gasteiger partial charge in [-0.3, -0.25) is 0 Å². The molecule has 0 aliphatic rings. The van der Waals surface area contributed by atoms with Crippen LogP contribution in [0.4, 0.5) is 0 Å². The number of hydrogen-bond donors (Lipinski definition) is 0. The summed E-state index contributed by atoms with van der Waals surface area (Å²) in [4.78, 5) is 34.3. The van der Waals surface area contributed by atoms with E-state index in [2.05, 4.69) is 0 Å². The fraction of sp³-hybridized carbons (Fsp3) is 0. The van der Waals surface area contributed by atoms with Crippen LogP contribution < -0.4 is 19.2 Å². The molecule has 0 saturated carbocycles. The van der Waals surface area contributed by atoms with Crippen molar-refractivity contribution >= 4 is 46.8 Å². The molecule has 0 rings (SSSR count). The summed E-state index contributed by atoms with van der Waals surface area (Å²) in [5.41, 5.74) is 0. The molecule has 0 spiro atoms. The molecule has 0 heterocycles. The predicted octanol–water partition coefficient (Wildman–Crippen LogP) is -5.52. The van der Waals surface area contributed by atoms with E-state index in [1.54, 1.807) is 0 Å². The average molecular weight is 198 g/mol. The molecule has 0 aromatic rings. The van der Waals surface area contributed by atoms with E-state index in [4.69, 9.17) is 19.2 Å². The Morgan fingerprint density at radius 2 is 0.857 bits per heavy atom. The Morgan fingerprint density at radius 1 is 0.857 bits per heavy atom. The summed E-state index contributed by atoms with van der Waals surface area (Å²) in [5.74, 6) is 0. The molecule has 7 heteroatoms. The Morgan fingerprint density at radius 3 is 0.857 bits per heavy atom. The van der Waals surface area contributed by atoms with Gasteiger partial charge >= 0.3 is 57.2 Å². The standard InChI is InChI=1S/Ca.O4Si.Zn/c;1-5(2,3)4;/q+2;-4;+2. The Hall–Kier alpha value is 1.94.